The molecule has 7 nitrogen and oxygen atoms in total. The highest BCUT2D eigenvalue weighted by Gasteiger charge is 2.31. The Morgan fingerprint density at radius 3 is 2.44 bits per heavy atom. The van der Waals surface area contributed by atoms with Gasteiger partial charge in [0.1, 0.15) is 11.3 Å². The van der Waals surface area contributed by atoms with E-state index in [-0.39, 0.29) is 17.6 Å². The van der Waals surface area contributed by atoms with E-state index in [2.05, 4.69) is 10.0 Å². The van der Waals surface area contributed by atoms with Crippen molar-refractivity contribution < 1.29 is 17.6 Å². The van der Waals surface area contributed by atoms with E-state index in [1.807, 2.05) is 6.07 Å². The predicted octanol–water partition coefficient (Wildman–Crippen LogP) is 6.17. The van der Waals surface area contributed by atoms with Crippen molar-refractivity contribution in [2.45, 2.75) is 24.5 Å². The van der Waals surface area contributed by atoms with Crippen LogP contribution in [0.15, 0.2) is 59.0 Å². The lowest BCUT2D eigenvalue weighted by molar-refractivity contribution is 0.0964. The number of halogens is 2. The molecule has 3 aromatic carbocycles. The highest BCUT2D eigenvalue weighted by Crippen LogP contribution is 2.47. The van der Waals surface area contributed by atoms with Crippen molar-refractivity contribution in [1.29, 1.82) is 0 Å². The molecule has 0 aliphatic heterocycles. The van der Waals surface area contributed by atoms with Crippen LogP contribution in [-0.4, -0.2) is 21.4 Å². The first-order valence-electron chi connectivity index (χ1n) is 11.3. The molecule has 0 bridgehead atoms. The summed E-state index contributed by atoms with van der Waals surface area (Å²) >= 11 is 12.1. The van der Waals surface area contributed by atoms with Crippen molar-refractivity contribution in [2.75, 3.05) is 17.5 Å². The van der Waals surface area contributed by atoms with Crippen molar-refractivity contribution in [2.24, 2.45) is 0 Å². The Morgan fingerprint density at radius 2 is 1.81 bits per heavy atom. The van der Waals surface area contributed by atoms with Crippen LogP contribution in [0.5, 0.6) is 0 Å². The van der Waals surface area contributed by atoms with Crippen molar-refractivity contribution in [3.05, 3.63) is 81.3 Å². The fourth-order valence-corrected chi connectivity index (χ4v) is 5.75. The molecule has 0 spiro atoms. The predicted molar refractivity (Wildman–Crippen MR) is 144 cm³/mol. The highest BCUT2D eigenvalue weighted by atomic mass is 35.5. The molecule has 0 atom stereocenters. The average molecular weight is 544 g/mol. The molecule has 1 aromatic heterocycles. The van der Waals surface area contributed by atoms with Crippen LogP contribution in [0.4, 0.5) is 11.4 Å². The zero-order chi connectivity index (χ0) is 25.6. The Balaban J connectivity index is 1.59. The highest BCUT2D eigenvalue weighted by molar-refractivity contribution is 7.91. The first kappa shape index (κ1) is 24.5. The molecule has 5 rings (SSSR count). The molecule has 1 aliphatic rings. The molecule has 10 heteroatoms. The summed E-state index contributed by atoms with van der Waals surface area (Å²) in [5.41, 5.74) is 9.38. The van der Waals surface area contributed by atoms with E-state index in [0.717, 1.165) is 18.4 Å². The van der Waals surface area contributed by atoms with Gasteiger partial charge in [-0.05, 0) is 72.4 Å². The zero-order valence-electron chi connectivity index (χ0n) is 19.3. The monoisotopic (exact) mass is 543 g/mol. The first-order valence-corrected chi connectivity index (χ1v) is 13.7. The molecule has 36 heavy (non-hydrogen) atoms. The van der Waals surface area contributed by atoms with E-state index in [0.29, 0.717) is 54.8 Å². The van der Waals surface area contributed by atoms with Gasteiger partial charge in [-0.2, -0.15) is 0 Å². The van der Waals surface area contributed by atoms with E-state index in [4.69, 9.17) is 33.4 Å². The Hall–Kier alpha value is -3.20. The SMILES string of the molecule is CNC(=O)c1c(-c2ccc(Cl)cc2)oc2cc(NS(=O)(=O)Cc3ccc(N)c(Cl)c3)c(C3CC3)cc12. The second kappa shape index (κ2) is 9.35. The third kappa shape index (κ3) is 4.89. The number of benzene rings is 3. The van der Waals surface area contributed by atoms with Gasteiger partial charge < -0.3 is 15.5 Å². The maximum absolute atomic E-state index is 13.1. The Bertz CT molecular complexity index is 1590. The van der Waals surface area contributed by atoms with E-state index in [1.54, 1.807) is 55.6 Å². The van der Waals surface area contributed by atoms with Gasteiger partial charge in [0.2, 0.25) is 10.0 Å². The molecule has 4 N–H and O–H groups in total. The van der Waals surface area contributed by atoms with Gasteiger partial charge in [-0.25, -0.2) is 8.42 Å². The smallest absolute Gasteiger partial charge is 0.255 e. The summed E-state index contributed by atoms with van der Waals surface area (Å²) in [5, 5.41) is 4.16. The quantitative estimate of drug-likeness (QED) is 0.241. The molecule has 0 saturated heterocycles. The number of hydrogen-bond donors (Lipinski definition) is 3. The third-order valence-corrected chi connectivity index (χ3v) is 7.95. The Morgan fingerprint density at radius 1 is 1.08 bits per heavy atom. The van der Waals surface area contributed by atoms with Gasteiger partial charge in [0.05, 0.1) is 27.7 Å². The van der Waals surface area contributed by atoms with Crippen molar-refractivity contribution in [3.8, 4) is 11.3 Å². The number of carbonyl (C=O) groups excluding carboxylic acids is 1. The Kier molecular flexibility index (Phi) is 6.36. The molecule has 1 saturated carbocycles. The fraction of sp³-hybridized carbons (Fsp3) is 0.192. The lowest BCUT2D eigenvalue weighted by atomic mass is 10.0. The number of carbonyl (C=O) groups is 1. The number of anilines is 2. The molecule has 186 valence electrons. The second-order valence-electron chi connectivity index (χ2n) is 8.82. The van der Waals surface area contributed by atoms with Crippen LogP contribution in [0.2, 0.25) is 10.0 Å². The summed E-state index contributed by atoms with van der Waals surface area (Å²) in [7, 11) is -2.22. The Labute approximate surface area is 218 Å². The minimum Gasteiger partial charge on any atom is -0.455 e. The lowest BCUT2D eigenvalue weighted by Gasteiger charge is -2.13. The molecular formula is C26H23Cl2N3O4S. The van der Waals surface area contributed by atoms with E-state index < -0.39 is 10.0 Å². The third-order valence-electron chi connectivity index (χ3n) is 6.12. The van der Waals surface area contributed by atoms with Crippen LogP contribution in [-0.2, 0) is 15.8 Å². The standard InChI is InChI=1S/C26H23Cl2N3O4S/c1-30-26(32)24-19-11-18(15-3-4-15)22(12-23(19)35-25(24)16-5-7-17(27)8-6-16)31-36(33,34)13-14-2-9-21(29)20(28)10-14/h2,5-12,15,31H,3-4,13,29H2,1H3,(H,30,32). The molecule has 1 aliphatic carbocycles. The number of nitrogens with one attached hydrogen (secondary N) is 2. The van der Waals surface area contributed by atoms with Crippen LogP contribution < -0.4 is 15.8 Å². The lowest BCUT2D eigenvalue weighted by Crippen LogP contribution is -2.18. The summed E-state index contributed by atoms with van der Waals surface area (Å²) in [4.78, 5) is 12.9. The first-order chi connectivity index (χ1) is 17.1. The maximum Gasteiger partial charge on any atom is 0.255 e. The molecule has 1 fully saturated rings. The van der Waals surface area contributed by atoms with Crippen molar-refractivity contribution in [1.82, 2.24) is 5.32 Å². The van der Waals surface area contributed by atoms with Gasteiger partial charge >= 0.3 is 0 Å². The summed E-state index contributed by atoms with van der Waals surface area (Å²) in [5.74, 6) is 0.0186. The molecule has 1 heterocycles. The largest absolute Gasteiger partial charge is 0.455 e. The van der Waals surface area contributed by atoms with E-state index in [1.165, 1.54) is 0 Å². The van der Waals surface area contributed by atoms with Crippen LogP contribution in [0.25, 0.3) is 22.3 Å². The zero-order valence-corrected chi connectivity index (χ0v) is 21.6. The van der Waals surface area contributed by atoms with Crippen molar-refractivity contribution in [3.63, 3.8) is 0 Å². The second-order valence-corrected chi connectivity index (χ2v) is 11.4. The molecule has 4 aromatic rings. The number of rotatable bonds is 7. The maximum atomic E-state index is 13.1. The minimum absolute atomic E-state index is 0.199. The summed E-state index contributed by atoms with van der Waals surface area (Å²) < 4.78 is 35.0. The number of amides is 1. The molecule has 1 amide bonds. The van der Waals surface area contributed by atoms with Crippen LogP contribution >= 0.6 is 23.2 Å². The fourth-order valence-electron chi connectivity index (χ4n) is 4.22. The van der Waals surface area contributed by atoms with Crippen LogP contribution in [0, 0.1) is 0 Å². The number of nitrogens with two attached hydrogens (primary N) is 1. The van der Waals surface area contributed by atoms with Gasteiger partial charge in [-0.15, -0.1) is 0 Å². The number of sulfonamides is 1. The number of nitrogen functional groups attached to an aromatic ring is 1. The van der Waals surface area contributed by atoms with Crippen LogP contribution in [0.1, 0.15) is 40.2 Å². The van der Waals surface area contributed by atoms with E-state index in [9.17, 15) is 13.2 Å². The van der Waals surface area contributed by atoms with Gasteiger partial charge in [0.15, 0.2) is 0 Å². The van der Waals surface area contributed by atoms with Gasteiger partial charge in [0, 0.05) is 29.1 Å². The summed E-state index contributed by atoms with van der Waals surface area (Å²) in [6.07, 6.45) is 1.87. The van der Waals surface area contributed by atoms with Crippen molar-refractivity contribution >= 4 is 61.5 Å². The average Bonchev–Trinajstić information content (AvgIpc) is 3.61. The summed E-state index contributed by atoms with van der Waals surface area (Å²) in [6, 6.07) is 15.3. The van der Waals surface area contributed by atoms with Gasteiger partial charge in [-0.3, -0.25) is 9.52 Å². The van der Waals surface area contributed by atoms with E-state index >= 15 is 0 Å². The molecule has 0 unspecified atom stereocenters. The number of furan rings is 1. The molecular weight excluding hydrogens is 521 g/mol. The van der Waals surface area contributed by atoms with Crippen LogP contribution in [0.3, 0.4) is 0 Å². The summed E-state index contributed by atoms with van der Waals surface area (Å²) in [6.45, 7) is 0. The number of hydrogen-bond acceptors (Lipinski definition) is 5. The minimum atomic E-state index is -3.78. The molecule has 0 radical (unpaired) electrons. The number of fused-ring (bicyclic) bond motifs is 1. The normalized spacial score (nSPS) is 13.6. The van der Waals surface area contributed by atoms with Gasteiger partial charge in [0.25, 0.3) is 5.91 Å². The van der Waals surface area contributed by atoms with Gasteiger partial charge in [-0.1, -0.05) is 29.3 Å². The topological polar surface area (TPSA) is 114 Å².